The maximum atomic E-state index is 9.12. The molecule has 0 saturated carbocycles. The Hall–Kier alpha value is -0.970. The van der Waals surface area contributed by atoms with Crippen molar-refractivity contribution in [3.05, 3.63) is 22.7 Å². The van der Waals surface area contributed by atoms with Crippen LogP contribution in [0.5, 0.6) is 11.5 Å². The normalized spacial score (nSPS) is 12.3. The van der Waals surface area contributed by atoms with Gasteiger partial charge in [0.25, 0.3) is 0 Å². The fourth-order valence-electron chi connectivity index (χ4n) is 1.66. The van der Waals surface area contributed by atoms with Crippen LogP contribution in [0, 0.1) is 0 Å². The van der Waals surface area contributed by atoms with E-state index in [0.717, 1.165) is 12.0 Å². The molecule has 1 aromatic carbocycles. The van der Waals surface area contributed by atoms with Crippen molar-refractivity contribution < 1.29 is 14.6 Å². The van der Waals surface area contributed by atoms with Crippen LogP contribution < -0.4 is 14.8 Å². The minimum absolute atomic E-state index is 0.0779. The summed E-state index contributed by atoms with van der Waals surface area (Å²) in [5.41, 5.74) is 0.918. The van der Waals surface area contributed by atoms with Gasteiger partial charge >= 0.3 is 0 Å². The molecule has 18 heavy (non-hydrogen) atoms. The highest BCUT2D eigenvalue weighted by Crippen LogP contribution is 2.37. The van der Waals surface area contributed by atoms with Crippen LogP contribution in [0.4, 0.5) is 0 Å². The van der Waals surface area contributed by atoms with Crippen LogP contribution in [0.3, 0.4) is 0 Å². The SMILES string of the molecule is CC[C@@H](CO)NCc1ccc(OC)c(OC)c1Cl. The summed E-state index contributed by atoms with van der Waals surface area (Å²) in [5, 5.41) is 12.9. The van der Waals surface area contributed by atoms with E-state index in [9.17, 15) is 0 Å². The van der Waals surface area contributed by atoms with E-state index >= 15 is 0 Å². The molecule has 0 unspecified atom stereocenters. The third kappa shape index (κ3) is 3.51. The molecule has 0 heterocycles. The topological polar surface area (TPSA) is 50.7 Å². The number of ether oxygens (including phenoxy) is 2. The first kappa shape index (κ1) is 15.1. The van der Waals surface area contributed by atoms with E-state index < -0.39 is 0 Å². The van der Waals surface area contributed by atoms with E-state index in [-0.39, 0.29) is 12.6 Å². The first-order chi connectivity index (χ1) is 8.67. The molecule has 1 rings (SSSR count). The average Bonchev–Trinajstić information content (AvgIpc) is 2.40. The minimum atomic E-state index is 0.0779. The Morgan fingerprint density at radius 1 is 1.33 bits per heavy atom. The van der Waals surface area contributed by atoms with Crippen LogP contribution in [0.1, 0.15) is 18.9 Å². The molecule has 0 saturated heterocycles. The third-order valence-electron chi connectivity index (χ3n) is 2.86. The molecule has 1 atom stereocenters. The number of rotatable bonds is 7. The summed E-state index contributed by atoms with van der Waals surface area (Å²) in [7, 11) is 3.13. The third-order valence-corrected chi connectivity index (χ3v) is 3.27. The number of halogens is 1. The summed E-state index contributed by atoms with van der Waals surface area (Å²) < 4.78 is 10.4. The van der Waals surface area contributed by atoms with Crippen molar-refractivity contribution in [2.75, 3.05) is 20.8 Å². The van der Waals surface area contributed by atoms with Crippen molar-refractivity contribution in [2.24, 2.45) is 0 Å². The van der Waals surface area contributed by atoms with Crippen molar-refractivity contribution in [3.8, 4) is 11.5 Å². The van der Waals surface area contributed by atoms with Gasteiger partial charge in [-0.3, -0.25) is 0 Å². The van der Waals surface area contributed by atoms with Crippen LogP contribution in [0.2, 0.25) is 5.02 Å². The van der Waals surface area contributed by atoms with E-state index in [1.54, 1.807) is 14.2 Å². The predicted molar refractivity (Wildman–Crippen MR) is 72.6 cm³/mol. The summed E-state index contributed by atoms with van der Waals surface area (Å²) in [6, 6.07) is 3.79. The summed E-state index contributed by atoms with van der Waals surface area (Å²) in [4.78, 5) is 0. The summed E-state index contributed by atoms with van der Waals surface area (Å²) in [5.74, 6) is 1.15. The molecule has 5 heteroatoms. The molecular formula is C13H20ClNO3. The van der Waals surface area contributed by atoms with Gasteiger partial charge in [-0.25, -0.2) is 0 Å². The largest absolute Gasteiger partial charge is 0.493 e. The van der Waals surface area contributed by atoms with Gasteiger partial charge in [-0.15, -0.1) is 0 Å². The number of aliphatic hydroxyl groups is 1. The number of hydrogen-bond acceptors (Lipinski definition) is 4. The fraction of sp³-hybridized carbons (Fsp3) is 0.538. The van der Waals surface area contributed by atoms with Gasteiger partial charge in [0.2, 0.25) is 0 Å². The predicted octanol–water partition coefficient (Wildman–Crippen LogP) is 2.22. The maximum absolute atomic E-state index is 9.12. The van der Waals surface area contributed by atoms with Gasteiger partial charge in [0.15, 0.2) is 11.5 Å². The molecule has 0 aromatic heterocycles. The highest BCUT2D eigenvalue weighted by atomic mass is 35.5. The van der Waals surface area contributed by atoms with E-state index in [1.165, 1.54) is 0 Å². The highest BCUT2D eigenvalue weighted by molar-refractivity contribution is 6.33. The van der Waals surface area contributed by atoms with Gasteiger partial charge in [-0.05, 0) is 18.1 Å². The molecule has 0 aliphatic heterocycles. The van der Waals surface area contributed by atoms with Crippen molar-refractivity contribution in [1.82, 2.24) is 5.32 Å². The average molecular weight is 274 g/mol. The van der Waals surface area contributed by atoms with E-state index in [1.807, 2.05) is 19.1 Å². The van der Waals surface area contributed by atoms with Gasteiger partial charge < -0.3 is 19.9 Å². The molecule has 0 spiro atoms. The summed E-state index contributed by atoms with van der Waals surface area (Å²) in [6.07, 6.45) is 0.863. The minimum Gasteiger partial charge on any atom is -0.493 e. The number of nitrogens with one attached hydrogen (secondary N) is 1. The number of methoxy groups -OCH3 is 2. The number of aliphatic hydroxyl groups excluding tert-OH is 1. The van der Waals surface area contributed by atoms with Crippen molar-refractivity contribution in [2.45, 2.75) is 25.9 Å². The van der Waals surface area contributed by atoms with Crippen LogP contribution in [-0.4, -0.2) is 32.0 Å². The van der Waals surface area contributed by atoms with Crippen LogP contribution in [0.15, 0.2) is 12.1 Å². The Morgan fingerprint density at radius 2 is 2.06 bits per heavy atom. The molecule has 1 aromatic rings. The molecule has 4 nitrogen and oxygen atoms in total. The summed E-state index contributed by atoms with van der Waals surface area (Å²) in [6.45, 7) is 2.71. The molecule has 0 aliphatic carbocycles. The maximum Gasteiger partial charge on any atom is 0.179 e. The number of hydrogen-bond donors (Lipinski definition) is 2. The van der Waals surface area contributed by atoms with E-state index in [2.05, 4.69) is 5.32 Å². The lowest BCUT2D eigenvalue weighted by molar-refractivity contribution is 0.238. The summed E-state index contributed by atoms with van der Waals surface area (Å²) >= 11 is 6.26. The lowest BCUT2D eigenvalue weighted by atomic mass is 10.1. The molecule has 0 fully saturated rings. The Labute approximate surface area is 113 Å². The second-order valence-electron chi connectivity index (χ2n) is 3.94. The standard InChI is InChI=1S/C13H20ClNO3/c1-4-10(8-16)15-7-9-5-6-11(17-2)13(18-3)12(9)14/h5-6,10,15-16H,4,7-8H2,1-3H3/t10-/m0/s1. The lowest BCUT2D eigenvalue weighted by Crippen LogP contribution is -2.31. The van der Waals surface area contributed by atoms with Crippen LogP contribution >= 0.6 is 11.6 Å². The molecule has 0 aliphatic rings. The molecular weight excluding hydrogens is 254 g/mol. The number of benzene rings is 1. The van der Waals surface area contributed by atoms with E-state index in [0.29, 0.717) is 23.1 Å². The smallest absolute Gasteiger partial charge is 0.179 e. The van der Waals surface area contributed by atoms with Crippen molar-refractivity contribution in [3.63, 3.8) is 0 Å². The van der Waals surface area contributed by atoms with Crippen LogP contribution in [0.25, 0.3) is 0 Å². The monoisotopic (exact) mass is 273 g/mol. The highest BCUT2D eigenvalue weighted by Gasteiger charge is 2.13. The Kier molecular flexibility index (Phi) is 6.25. The molecule has 0 bridgehead atoms. The molecule has 0 radical (unpaired) electrons. The van der Waals surface area contributed by atoms with Gasteiger partial charge in [0, 0.05) is 12.6 Å². The first-order valence-electron chi connectivity index (χ1n) is 5.91. The second-order valence-corrected chi connectivity index (χ2v) is 4.32. The molecule has 0 amide bonds. The first-order valence-corrected chi connectivity index (χ1v) is 6.29. The van der Waals surface area contributed by atoms with Crippen molar-refractivity contribution in [1.29, 1.82) is 0 Å². The zero-order valence-corrected chi connectivity index (χ0v) is 11.8. The van der Waals surface area contributed by atoms with E-state index in [4.69, 9.17) is 26.2 Å². The van der Waals surface area contributed by atoms with Gasteiger partial charge in [-0.1, -0.05) is 24.6 Å². The second kappa shape index (κ2) is 7.46. The zero-order chi connectivity index (χ0) is 13.5. The fourth-order valence-corrected chi connectivity index (χ4v) is 1.96. The molecule has 102 valence electrons. The van der Waals surface area contributed by atoms with Crippen molar-refractivity contribution >= 4 is 11.6 Å². The van der Waals surface area contributed by atoms with Gasteiger partial charge in [0.1, 0.15) is 0 Å². The quantitative estimate of drug-likeness (QED) is 0.800. The zero-order valence-electron chi connectivity index (χ0n) is 11.0. The Balaban J connectivity index is 2.84. The Bertz CT molecular complexity index is 381. The van der Waals surface area contributed by atoms with Gasteiger partial charge in [0.05, 0.1) is 25.8 Å². The molecule has 2 N–H and O–H groups in total. The lowest BCUT2D eigenvalue weighted by Gasteiger charge is -2.16. The van der Waals surface area contributed by atoms with Gasteiger partial charge in [-0.2, -0.15) is 0 Å². The van der Waals surface area contributed by atoms with Crippen LogP contribution in [-0.2, 0) is 6.54 Å². The Morgan fingerprint density at radius 3 is 2.56 bits per heavy atom.